The fraction of sp³-hybridized carbons (Fsp3) is 0.375. The Morgan fingerprint density at radius 3 is 2.44 bits per heavy atom. The third kappa shape index (κ3) is 3.66. The minimum absolute atomic E-state index is 1.08. The molecule has 18 heavy (non-hydrogen) atoms. The highest BCUT2D eigenvalue weighted by atomic mass is 14.7. The molecule has 0 atom stereocenters. The number of pyridine rings is 2. The summed E-state index contributed by atoms with van der Waals surface area (Å²) in [7, 11) is 0. The normalized spacial score (nSPS) is 10.5. The first kappa shape index (κ1) is 12.7. The average molecular weight is 240 g/mol. The number of nitrogens with zero attached hydrogens (tertiary/aromatic N) is 2. The molecule has 2 aromatic rings. The smallest absolute Gasteiger partial charge is 0.0409 e. The lowest BCUT2D eigenvalue weighted by atomic mass is 10.1. The summed E-state index contributed by atoms with van der Waals surface area (Å²) >= 11 is 0. The lowest BCUT2D eigenvalue weighted by Crippen LogP contribution is -1.91. The van der Waals surface area contributed by atoms with Gasteiger partial charge in [-0.25, -0.2) is 0 Å². The molecule has 0 aliphatic rings. The van der Waals surface area contributed by atoms with Crippen molar-refractivity contribution >= 4 is 0 Å². The number of hydrogen-bond donors (Lipinski definition) is 0. The van der Waals surface area contributed by atoms with Crippen LogP contribution in [0.2, 0.25) is 0 Å². The van der Waals surface area contributed by atoms with Crippen LogP contribution in [0.15, 0.2) is 42.9 Å². The highest BCUT2D eigenvalue weighted by Gasteiger charge is 2.00. The second-order valence-corrected chi connectivity index (χ2v) is 4.58. The fourth-order valence-corrected chi connectivity index (χ4v) is 2.07. The Labute approximate surface area is 109 Å². The van der Waals surface area contributed by atoms with Gasteiger partial charge in [-0.15, -0.1) is 0 Å². The van der Waals surface area contributed by atoms with Crippen LogP contribution in [0.25, 0.3) is 11.1 Å². The molecule has 2 heteroatoms. The van der Waals surface area contributed by atoms with Gasteiger partial charge in [-0.05, 0) is 48.2 Å². The molecule has 0 aliphatic heterocycles. The molecule has 0 fully saturated rings. The summed E-state index contributed by atoms with van der Waals surface area (Å²) in [5.41, 5.74) is 3.64. The van der Waals surface area contributed by atoms with E-state index in [9.17, 15) is 0 Å². The molecule has 0 amide bonds. The van der Waals surface area contributed by atoms with Crippen LogP contribution in [0.3, 0.4) is 0 Å². The molecule has 0 bridgehead atoms. The molecular formula is C16H20N2. The van der Waals surface area contributed by atoms with Gasteiger partial charge >= 0.3 is 0 Å². The van der Waals surface area contributed by atoms with Gasteiger partial charge in [-0.1, -0.05) is 26.2 Å². The van der Waals surface area contributed by atoms with E-state index in [1.54, 1.807) is 0 Å². The highest BCUT2D eigenvalue weighted by molar-refractivity contribution is 5.62. The number of rotatable bonds is 6. The van der Waals surface area contributed by atoms with Gasteiger partial charge in [0.2, 0.25) is 0 Å². The first-order chi connectivity index (χ1) is 8.90. The maximum absolute atomic E-state index is 4.45. The van der Waals surface area contributed by atoms with Gasteiger partial charge in [0, 0.05) is 24.3 Å². The van der Waals surface area contributed by atoms with Gasteiger partial charge in [-0.2, -0.15) is 0 Å². The summed E-state index contributed by atoms with van der Waals surface area (Å²) < 4.78 is 0. The van der Waals surface area contributed by atoms with Crippen molar-refractivity contribution in [2.24, 2.45) is 0 Å². The SMILES string of the molecule is CCCCCCc1cc(-c2ccncc2)ccn1. The van der Waals surface area contributed by atoms with E-state index in [-0.39, 0.29) is 0 Å². The molecule has 0 saturated carbocycles. The van der Waals surface area contributed by atoms with Gasteiger partial charge in [0.1, 0.15) is 0 Å². The first-order valence-electron chi connectivity index (χ1n) is 6.75. The summed E-state index contributed by atoms with van der Waals surface area (Å²) in [5, 5.41) is 0. The number of unbranched alkanes of at least 4 members (excludes halogenated alkanes) is 3. The molecule has 0 aromatic carbocycles. The standard InChI is InChI=1S/C16H20N2/c1-2-3-4-5-6-16-13-15(9-12-18-16)14-7-10-17-11-8-14/h7-13H,2-6H2,1H3. The molecule has 2 rings (SSSR count). The van der Waals surface area contributed by atoms with Gasteiger partial charge in [0.05, 0.1) is 0 Å². The Bertz CT molecular complexity index is 466. The molecule has 2 aromatic heterocycles. The zero-order valence-corrected chi connectivity index (χ0v) is 11.0. The van der Waals surface area contributed by atoms with E-state index >= 15 is 0 Å². The topological polar surface area (TPSA) is 25.8 Å². The summed E-state index contributed by atoms with van der Waals surface area (Å²) in [5.74, 6) is 0. The molecule has 0 spiro atoms. The summed E-state index contributed by atoms with van der Waals surface area (Å²) in [6.45, 7) is 2.24. The number of hydrogen-bond acceptors (Lipinski definition) is 2. The molecule has 94 valence electrons. The maximum atomic E-state index is 4.45. The Kier molecular flexibility index (Phi) is 4.88. The van der Waals surface area contributed by atoms with Crippen LogP contribution in [-0.4, -0.2) is 9.97 Å². The minimum atomic E-state index is 1.08. The third-order valence-corrected chi connectivity index (χ3v) is 3.12. The van der Waals surface area contributed by atoms with E-state index in [0.717, 1.165) is 6.42 Å². The van der Waals surface area contributed by atoms with E-state index in [1.807, 2.05) is 30.7 Å². The van der Waals surface area contributed by atoms with Crippen LogP contribution >= 0.6 is 0 Å². The van der Waals surface area contributed by atoms with Gasteiger partial charge in [-0.3, -0.25) is 9.97 Å². The van der Waals surface area contributed by atoms with Crippen LogP contribution < -0.4 is 0 Å². The van der Waals surface area contributed by atoms with Gasteiger partial charge in [0.25, 0.3) is 0 Å². The van der Waals surface area contributed by atoms with Crippen LogP contribution in [0.4, 0.5) is 0 Å². The van der Waals surface area contributed by atoms with Crippen molar-refractivity contribution in [3.8, 4) is 11.1 Å². The zero-order chi connectivity index (χ0) is 12.6. The summed E-state index contributed by atoms with van der Waals surface area (Å²) in [6.07, 6.45) is 11.8. The van der Waals surface area contributed by atoms with Crippen molar-refractivity contribution in [2.45, 2.75) is 39.0 Å². The van der Waals surface area contributed by atoms with E-state index in [4.69, 9.17) is 0 Å². The molecule has 0 saturated heterocycles. The van der Waals surface area contributed by atoms with Crippen molar-refractivity contribution in [1.29, 1.82) is 0 Å². The van der Waals surface area contributed by atoms with Crippen LogP contribution in [0.5, 0.6) is 0 Å². The molecule has 2 nitrogen and oxygen atoms in total. The minimum Gasteiger partial charge on any atom is -0.265 e. The van der Waals surface area contributed by atoms with Crippen molar-refractivity contribution in [3.05, 3.63) is 48.5 Å². The first-order valence-corrected chi connectivity index (χ1v) is 6.75. The highest BCUT2D eigenvalue weighted by Crippen LogP contribution is 2.19. The van der Waals surface area contributed by atoms with Crippen LogP contribution in [0, 0.1) is 0 Å². The maximum Gasteiger partial charge on any atom is 0.0409 e. The Hall–Kier alpha value is -1.70. The van der Waals surface area contributed by atoms with Gasteiger partial charge in [0.15, 0.2) is 0 Å². The zero-order valence-electron chi connectivity index (χ0n) is 11.0. The molecule has 0 unspecified atom stereocenters. The van der Waals surface area contributed by atoms with Crippen LogP contribution in [0.1, 0.15) is 38.3 Å². The second-order valence-electron chi connectivity index (χ2n) is 4.58. The quantitative estimate of drug-likeness (QED) is 0.705. The van der Waals surface area contributed by atoms with Crippen molar-refractivity contribution in [1.82, 2.24) is 9.97 Å². The van der Waals surface area contributed by atoms with E-state index < -0.39 is 0 Å². The fourth-order valence-electron chi connectivity index (χ4n) is 2.07. The Morgan fingerprint density at radius 2 is 1.67 bits per heavy atom. The van der Waals surface area contributed by atoms with Crippen molar-refractivity contribution in [3.63, 3.8) is 0 Å². The summed E-state index contributed by atoms with van der Waals surface area (Å²) in [6, 6.07) is 8.33. The van der Waals surface area contributed by atoms with Gasteiger partial charge < -0.3 is 0 Å². The lowest BCUT2D eigenvalue weighted by molar-refractivity contribution is 0.661. The number of aryl methyl sites for hydroxylation is 1. The van der Waals surface area contributed by atoms with E-state index in [2.05, 4.69) is 29.0 Å². The number of aromatic nitrogens is 2. The predicted molar refractivity (Wildman–Crippen MR) is 75.3 cm³/mol. The summed E-state index contributed by atoms with van der Waals surface area (Å²) in [4.78, 5) is 8.49. The Morgan fingerprint density at radius 1 is 0.889 bits per heavy atom. The molecule has 2 heterocycles. The van der Waals surface area contributed by atoms with E-state index in [1.165, 1.54) is 42.5 Å². The molecule has 0 N–H and O–H groups in total. The second kappa shape index (κ2) is 6.90. The van der Waals surface area contributed by atoms with E-state index in [0.29, 0.717) is 0 Å². The third-order valence-electron chi connectivity index (χ3n) is 3.12. The van der Waals surface area contributed by atoms with Crippen molar-refractivity contribution in [2.75, 3.05) is 0 Å². The molecule has 0 radical (unpaired) electrons. The predicted octanol–water partition coefficient (Wildman–Crippen LogP) is 4.27. The largest absolute Gasteiger partial charge is 0.265 e. The average Bonchev–Trinajstić information content (AvgIpc) is 2.45. The lowest BCUT2D eigenvalue weighted by Gasteiger charge is -2.04. The van der Waals surface area contributed by atoms with Crippen LogP contribution in [-0.2, 0) is 6.42 Å². The monoisotopic (exact) mass is 240 g/mol. The molecule has 0 aliphatic carbocycles. The molecular weight excluding hydrogens is 220 g/mol. The van der Waals surface area contributed by atoms with Crippen molar-refractivity contribution < 1.29 is 0 Å². The Balaban J connectivity index is 2.02.